The summed E-state index contributed by atoms with van der Waals surface area (Å²) in [4.78, 5) is 16.4. The Morgan fingerprint density at radius 2 is 2.00 bits per heavy atom. The summed E-state index contributed by atoms with van der Waals surface area (Å²) in [7, 11) is 3.84. The molecule has 3 N–H and O–H groups in total. The lowest BCUT2D eigenvalue weighted by atomic mass is 10.2. The third-order valence-electron chi connectivity index (χ3n) is 4.52. The van der Waals surface area contributed by atoms with Gasteiger partial charge in [0.05, 0.1) is 29.1 Å². The van der Waals surface area contributed by atoms with Crippen LogP contribution < -0.4 is 25.4 Å². The van der Waals surface area contributed by atoms with Crippen molar-refractivity contribution in [2.24, 2.45) is 10.7 Å². The van der Waals surface area contributed by atoms with Gasteiger partial charge in [0, 0.05) is 32.6 Å². The fraction of sp³-hybridized carbons (Fsp3) is 0.353. The molecular weight excluding hydrogens is 402 g/mol. The zero-order chi connectivity index (χ0) is 19.4. The minimum Gasteiger partial charge on any atom is -0.489 e. The van der Waals surface area contributed by atoms with Gasteiger partial charge in [-0.15, -0.1) is 0 Å². The number of anilines is 2. The number of fused-ring (bicyclic) bond motifs is 4. The van der Waals surface area contributed by atoms with Crippen LogP contribution in [-0.2, 0) is 0 Å². The Balaban J connectivity index is 1.70. The Labute approximate surface area is 169 Å². The second-order valence-electron chi connectivity index (χ2n) is 6.70. The van der Waals surface area contributed by atoms with Gasteiger partial charge in [-0.05, 0) is 0 Å². The molecule has 0 saturated heterocycles. The lowest BCUT2D eigenvalue weighted by Crippen LogP contribution is -2.31. The van der Waals surface area contributed by atoms with Crippen molar-refractivity contribution in [2.45, 2.75) is 12.6 Å². The number of hydrogen-bond acceptors (Lipinski definition) is 9. The molecule has 2 aliphatic rings. The van der Waals surface area contributed by atoms with E-state index in [1.165, 1.54) is 11.3 Å². The maximum absolute atomic E-state index is 6.46. The van der Waals surface area contributed by atoms with Crippen LogP contribution in [-0.4, -0.2) is 47.8 Å². The van der Waals surface area contributed by atoms with Gasteiger partial charge in [0.2, 0.25) is 5.95 Å². The van der Waals surface area contributed by atoms with Crippen LogP contribution in [0.1, 0.15) is 17.5 Å². The maximum Gasteiger partial charge on any atom is 0.212 e. The largest absolute Gasteiger partial charge is 0.489 e. The van der Waals surface area contributed by atoms with Gasteiger partial charge in [0.1, 0.15) is 5.15 Å². The first-order valence-electron chi connectivity index (χ1n) is 8.76. The highest BCUT2D eigenvalue weighted by molar-refractivity contribution is 7.16. The minimum absolute atomic E-state index is 0.276. The van der Waals surface area contributed by atoms with E-state index in [4.69, 9.17) is 26.8 Å². The fourth-order valence-corrected chi connectivity index (χ4v) is 4.51. The second-order valence-corrected chi connectivity index (χ2v) is 8.07. The number of imidazole rings is 1. The SMILES string of the molecule is CN(C)c1nc(Cl)c([C@H]2N=C(N)Nc3nc4cc5c(cc4n32)OCCCO5)s1. The van der Waals surface area contributed by atoms with Crippen LogP contribution in [0.25, 0.3) is 11.0 Å². The monoisotopic (exact) mass is 419 g/mol. The molecule has 9 nitrogen and oxygen atoms in total. The van der Waals surface area contributed by atoms with E-state index in [2.05, 4.69) is 20.3 Å². The van der Waals surface area contributed by atoms with E-state index in [9.17, 15) is 0 Å². The number of hydrogen-bond donors (Lipinski definition) is 2. The number of nitrogens with zero attached hydrogens (tertiary/aromatic N) is 5. The van der Waals surface area contributed by atoms with Crippen molar-refractivity contribution in [3.63, 3.8) is 0 Å². The predicted octanol–water partition coefficient (Wildman–Crippen LogP) is 2.66. The van der Waals surface area contributed by atoms with Gasteiger partial charge in [-0.25, -0.2) is 15.0 Å². The molecule has 2 aromatic heterocycles. The van der Waals surface area contributed by atoms with Crippen molar-refractivity contribution in [1.82, 2.24) is 14.5 Å². The van der Waals surface area contributed by atoms with Crippen molar-refractivity contribution >= 4 is 51.0 Å². The van der Waals surface area contributed by atoms with Gasteiger partial charge in [0.25, 0.3) is 0 Å². The van der Waals surface area contributed by atoms with Crippen LogP contribution in [0.5, 0.6) is 11.5 Å². The number of nitrogens with one attached hydrogen (secondary N) is 1. The zero-order valence-corrected chi connectivity index (χ0v) is 16.8. The number of nitrogens with two attached hydrogens (primary N) is 1. The molecule has 1 atom stereocenters. The summed E-state index contributed by atoms with van der Waals surface area (Å²) in [5, 5.41) is 4.23. The molecular formula is C17H18ClN7O2S. The minimum atomic E-state index is -0.468. The molecule has 146 valence electrons. The van der Waals surface area contributed by atoms with Crippen LogP contribution in [0.15, 0.2) is 17.1 Å². The van der Waals surface area contributed by atoms with E-state index in [1.807, 2.05) is 35.7 Å². The number of aliphatic imine (C=N–C) groups is 1. The normalized spacial score (nSPS) is 18.2. The molecule has 0 radical (unpaired) electrons. The Morgan fingerprint density at radius 1 is 1.25 bits per heavy atom. The molecule has 0 spiro atoms. The number of halogens is 1. The first kappa shape index (κ1) is 17.4. The van der Waals surface area contributed by atoms with Crippen molar-refractivity contribution < 1.29 is 9.47 Å². The third kappa shape index (κ3) is 2.71. The number of aromatic nitrogens is 3. The summed E-state index contributed by atoms with van der Waals surface area (Å²) < 4.78 is 13.6. The van der Waals surface area contributed by atoms with Crippen LogP contribution in [0.2, 0.25) is 5.15 Å². The van der Waals surface area contributed by atoms with Crippen LogP contribution in [0.3, 0.4) is 0 Å². The Hall–Kier alpha value is -2.72. The lowest BCUT2D eigenvalue weighted by Gasteiger charge is -2.22. The quantitative estimate of drug-likeness (QED) is 0.658. The highest BCUT2D eigenvalue weighted by atomic mass is 35.5. The second kappa shape index (κ2) is 6.42. The number of guanidine groups is 1. The Bertz CT molecular complexity index is 1110. The summed E-state index contributed by atoms with van der Waals surface area (Å²) in [6.45, 7) is 1.23. The zero-order valence-electron chi connectivity index (χ0n) is 15.3. The molecule has 0 bridgehead atoms. The van der Waals surface area contributed by atoms with E-state index in [0.29, 0.717) is 35.8 Å². The maximum atomic E-state index is 6.46. The molecule has 3 aromatic rings. The molecule has 0 unspecified atom stereocenters. The predicted molar refractivity (Wildman–Crippen MR) is 110 cm³/mol. The average Bonchev–Trinajstić information content (AvgIpc) is 3.11. The highest BCUT2D eigenvalue weighted by Crippen LogP contribution is 2.42. The van der Waals surface area contributed by atoms with E-state index < -0.39 is 6.17 Å². The van der Waals surface area contributed by atoms with Gasteiger partial charge in [-0.3, -0.25) is 9.88 Å². The van der Waals surface area contributed by atoms with Crippen molar-refractivity contribution in [3.05, 3.63) is 22.2 Å². The summed E-state index contributed by atoms with van der Waals surface area (Å²) in [6, 6.07) is 3.82. The molecule has 11 heteroatoms. The van der Waals surface area contributed by atoms with Crippen LogP contribution >= 0.6 is 22.9 Å². The molecule has 2 aliphatic heterocycles. The van der Waals surface area contributed by atoms with E-state index >= 15 is 0 Å². The molecule has 0 saturated carbocycles. The molecule has 0 fully saturated rings. The first-order valence-corrected chi connectivity index (χ1v) is 9.96. The number of benzene rings is 1. The summed E-state index contributed by atoms with van der Waals surface area (Å²) in [5.74, 6) is 2.25. The fourth-order valence-electron chi connectivity index (χ4n) is 3.25. The Morgan fingerprint density at radius 3 is 2.71 bits per heavy atom. The molecule has 28 heavy (non-hydrogen) atoms. The van der Waals surface area contributed by atoms with Gasteiger partial charge >= 0.3 is 0 Å². The van der Waals surface area contributed by atoms with Gasteiger partial charge in [-0.2, -0.15) is 0 Å². The van der Waals surface area contributed by atoms with Gasteiger partial charge in [-0.1, -0.05) is 22.9 Å². The van der Waals surface area contributed by atoms with E-state index in [1.54, 1.807) is 0 Å². The third-order valence-corrected chi connectivity index (χ3v) is 6.18. The summed E-state index contributed by atoms with van der Waals surface area (Å²) in [5.41, 5.74) is 7.64. The van der Waals surface area contributed by atoms with E-state index in [-0.39, 0.29) is 5.96 Å². The highest BCUT2D eigenvalue weighted by Gasteiger charge is 2.30. The molecule has 0 aliphatic carbocycles. The summed E-state index contributed by atoms with van der Waals surface area (Å²) >= 11 is 7.93. The number of rotatable bonds is 2. The standard InChI is InChI=1S/C17H18ClN7O2S/c1-24(2)17-21-13(18)12(28-17)14-22-15(19)23-16-20-8-6-10-11(7-9(8)25(14)16)27-5-3-4-26-10/h6-7,14H,3-5H2,1-2H3,(H3,19,20,22,23)/t14-/m0/s1. The van der Waals surface area contributed by atoms with Crippen LogP contribution in [0, 0.1) is 0 Å². The average molecular weight is 420 g/mol. The van der Waals surface area contributed by atoms with Crippen LogP contribution in [0.4, 0.5) is 11.1 Å². The summed E-state index contributed by atoms with van der Waals surface area (Å²) in [6.07, 6.45) is 0.372. The molecule has 1 aromatic carbocycles. The lowest BCUT2D eigenvalue weighted by molar-refractivity contribution is 0.297. The number of thiazole rings is 1. The molecule has 4 heterocycles. The number of ether oxygens (including phenoxy) is 2. The topological polar surface area (TPSA) is 103 Å². The van der Waals surface area contributed by atoms with Gasteiger partial charge < -0.3 is 20.1 Å². The van der Waals surface area contributed by atoms with E-state index in [0.717, 1.165) is 27.5 Å². The van der Waals surface area contributed by atoms with Gasteiger partial charge in [0.15, 0.2) is 28.8 Å². The van der Waals surface area contributed by atoms with Crippen molar-refractivity contribution in [1.29, 1.82) is 0 Å². The Kier molecular flexibility index (Phi) is 3.98. The molecule has 5 rings (SSSR count). The van der Waals surface area contributed by atoms with Crippen molar-refractivity contribution in [3.8, 4) is 11.5 Å². The first-order chi connectivity index (χ1) is 13.5. The molecule has 0 amide bonds. The smallest absolute Gasteiger partial charge is 0.212 e. The van der Waals surface area contributed by atoms with Crippen molar-refractivity contribution in [2.75, 3.05) is 37.5 Å².